The molecule has 0 radical (unpaired) electrons. The van der Waals surface area contributed by atoms with Crippen LogP contribution in [0.25, 0.3) is 10.8 Å². The van der Waals surface area contributed by atoms with Gasteiger partial charge in [0, 0.05) is 5.39 Å². The number of rotatable bonds is 4. The summed E-state index contributed by atoms with van der Waals surface area (Å²) in [6, 6.07) is 30.0. The third kappa shape index (κ3) is 3.07. The lowest BCUT2D eigenvalue weighted by Crippen LogP contribution is -2.37. The molecule has 0 aliphatic carbocycles. The summed E-state index contributed by atoms with van der Waals surface area (Å²) in [7, 11) is 1.61. The number of fused-ring (bicyclic) bond motifs is 2. The van der Waals surface area contributed by atoms with E-state index in [9.17, 15) is 9.59 Å². The first kappa shape index (κ1) is 20.4. The summed E-state index contributed by atoms with van der Waals surface area (Å²) >= 11 is 0. The van der Waals surface area contributed by atoms with Gasteiger partial charge in [-0.05, 0) is 41.3 Å². The molecule has 0 aromatic heterocycles. The zero-order valence-electron chi connectivity index (χ0n) is 18.5. The molecule has 6 rings (SSSR count). The van der Waals surface area contributed by atoms with E-state index >= 15 is 0 Å². The third-order valence-corrected chi connectivity index (χ3v) is 6.59. The summed E-state index contributed by atoms with van der Waals surface area (Å²) in [4.78, 5) is 35.1. The Balaban J connectivity index is 1.45. The molecular formula is C28H22N2O4. The van der Waals surface area contributed by atoms with Crippen LogP contribution < -0.4 is 14.7 Å². The van der Waals surface area contributed by atoms with Gasteiger partial charge in [0.1, 0.15) is 11.7 Å². The van der Waals surface area contributed by atoms with E-state index in [1.54, 1.807) is 12.2 Å². The number of para-hydroxylation sites is 1. The monoisotopic (exact) mass is 450 g/mol. The molecule has 0 spiro atoms. The molecule has 6 nitrogen and oxygen atoms in total. The van der Waals surface area contributed by atoms with Crippen LogP contribution in [0.3, 0.4) is 0 Å². The summed E-state index contributed by atoms with van der Waals surface area (Å²) in [5.41, 5.74) is 2.25. The number of benzene rings is 4. The molecule has 168 valence electrons. The zero-order valence-corrected chi connectivity index (χ0v) is 18.5. The van der Waals surface area contributed by atoms with Crippen molar-refractivity contribution in [1.82, 2.24) is 0 Å². The van der Waals surface area contributed by atoms with E-state index in [2.05, 4.69) is 0 Å². The fourth-order valence-corrected chi connectivity index (χ4v) is 4.99. The Morgan fingerprint density at radius 1 is 0.765 bits per heavy atom. The molecular weight excluding hydrogens is 428 g/mol. The Labute approximate surface area is 196 Å². The summed E-state index contributed by atoms with van der Waals surface area (Å²) in [6.07, 6.45) is -0.904. The van der Waals surface area contributed by atoms with Gasteiger partial charge in [-0.1, -0.05) is 66.7 Å². The largest absolute Gasteiger partial charge is 0.497 e. The number of hydrogen-bond acceptors (Lipinski definition) is 5. The minimum atomic E-state index is -0.904. The normalized spacial score (nSPS) is 21.9. The van der Waals surface area contributed by atoms with Crippen molar-refractivity contribution in [2.75, 3.05) is 17.1 Å². The Morgan fingerprint density at radius 2 is 1.47 bits per heavy atom. The lowest BCUT2D eigenvalue weighted by molar-refractivity contribution is -0.126. The van der Waals surface area contributed by atoms with E-state index in [0.717, 1.165) is 27.8 Å². The highest BCUT2D eigenvalue weighted by atomic mass is 16.7. The van der Waals surface area contributed by atoms with Crippen LogP contribution in [-0.2, 0) is 14.4 Å². The average Bonchev–Trinajstić information content (AvgIpc) is 3.40. The molecule has 3 atom stereocenters. The van der Waals surface area contributed by atoms with Crippen LogP contribution in [0.1, 0.15) is 11.6 Å². The molecule has 34 heavy (non-hydrogen) atoms. The highest BCUT2D eigenvalue weighted by Crippen LogP contribution is 2.48. The number of methoxy groups -OCH3 is 1. The van der Waals surface area contributed by atoms with E-state index in [-0.39, 0.29) is 11.8 Å². The van der Waals surface area contributed by atoms with E-state index in [0.29, 0.717) is 5.69 Å². The maximum absolute atomic E-state index is 13.9. The number of hydrogen-bond donors (Lipinski definition) is 0. The predicted molar refractivity (Wildman–Crippen MR) is 129 cm³/mol. The first-order valence-electron chi connectivity index (χ1n) is 11.2. The Bertz CT molecular complexity index is 1380. The lowest BCUT2D eigenvalue weighted by Gasteiger charge is -2.29. The number of carbonyl (C=O) groups is 2. The van der Waals surface area contributed by atoms with Crippen molar-refractivity contribution >= 4 is 34.0 Å². The van der Waals surface area contributed by atoms with Gasteiger partial charge in [-0.15, -0.1) is 0 Å². The van der Waals surface area contributed by atoms with E-state index in [1.165, 1.54) is 4.90 Å². The highest BCUT2D eigenvalue weighted by Gasteiger charge is 2.60. The average molecular weight is 450 g/mol. The molecule has 2 amide bonds. The molecule has 6 heteroatoms. The molecule has 4 aromatic rings. The van der Waals surface area contributed by atoms with E-state index in [4.69, 9.17) is 9.57 Å². The van der Waals surface area contributed by atoms with Crippen LogP contribution >= 0.6 is 0 Å². The second-order valence-electron chi connectivity index (χ2n) is 8.44. The Morgan fingerprint density at radius 3 is 2.24 bits per heavy atom. The van der Waals surface area contributed by atoms with Crippen LogP contribution in [-0.4, -0.2) is 25.0 Å². The smallest absolute Gasteiger partial charge is 0.266 e. The predicted octanol–water partition coefficient (Wildman–Crippen LogP) is 4.90. The standard InChI is InChI=1S/C28H22N2O4/c1-33-21-16-14-19(15-17-21)25-24-26(34-30(25)20-10-3-2-4-11-20)28(32)29(27(24)31)23-13-7-9-18-8-5-6-12-22(18)23/h2-17,24-26H,1H3/t24-,25-,26-/m1/s1. The molecule has 2 saturated heterocycles. The van der Waals surface area contributed by atoms with Crippen LogP contribution in [0.4, 0.5) is 11.4 Å². The fraction of sp³-hybridized carbons (Fsp3) is 0.143. The summed E-state index contributed by atoms with van der Waals surface area (Å²) < 4.78 is 5.31. The number of anilines is 2. The molecule has 4 aromatic carbocycles. The van der Waals surface area contributed by atoms with Crippen LogP contribution in [0.15, 0.2) is 97.1 Å². The fourth-order valence-electron chi connectivity index (χ4n) is 4.99. The van der Waals surface area contributed by atoms with Gasteiger partial charge in [-0.3, -0.25) is 14.4 Å². The van der Waals surface area contributed by atoms with Gasteiger partial charge in [-0.2, -0.15) is 0 Å². The van der Waals surface area contributed by atoms with Gasteiger partial charge in [0.05, 0.1) is 24.5 Å². The van der Waals surface area contributed by atoms with Crippen molar-refractivity contribution in [3.63, 3.8) is 0 Å². The summed E-state index contributed by atoms with van der Waals surface area (Å²) in [5.74, 6) is -0.564. The number of ether oxygens (including phenoxy) is 1. The molecule has 2 aliphatic rings. The van der Waals surface area contributed by atoms with Crippen molar-refractivity contribution in [2.24, 2.45) is 5.92 Å². The summed E-state index contributed by atoms with van der Waals surface area (Å²) in [5, 5.41) is 3.52. The number of carbonyl (C=O) groups excluding carboxylic acids is 2. The SMILES string of the molecule is COc1ccc([C@@H]2[C@H]3C(=O)N(c4cccc5ccccc45)C(=O)[C@@H]3ON2c2ccccc2)cc1. The maximum Gasteiger partial charge on any atom is 0.266 e. The second-order valence-corrected chi connectivity index (χ2v) is 8.44. The molecule has 2 aliphatic heterocycles. The first-order chi connectivity index (χ1) is 16.7. The zero-order chi connectivity index (χ0) is 23.2. The van der Waals surface area contributed by atoms with Crippen molar-refractivity contribution in [3.05, 3.63) is 103 Å². The minimum absolute atomic E-state index is 0.259. The van der Waals surface area contributed by atoms with Crippen LogP contribution in [0.5, 0.6) is 5.75 Å². The minimum Gasteiger partial charge on any atom is -0.497 e. The van der Waals surface area contributed by atoms with Crippen LogP contribution in [0, 0.1) is 5.92 Å². The quantitative estimate of drug-likeness (QED) is 0.414. The Kier molecular flexibility index (Phi) is 4.81. The molecule has 0 bridgehead atoms. The van der Waals surface area contributed by atoms with Crippen molar-refractivity contribution in [1.29, 1.82) is 0 Å². The van der Waals surface area contributed by atoms with Gasteiger partial charge in [0.25, 0.3) is 5.91 Å². The van der Waals surface area contributed by atoms with E-state index < -0.39 is 18.1 Å². The van der Waals surface area contributed by atoms with Gasteiger partial charge in [-0.25, -0.2) is 9.96 Å². The second kappa shape index (κ2) is 8.01. The van der Waals surface area contributed by atoms with Gasteiger partial charge in [0.2, 0.25) is 5.91 Å². The highest BCUT2D eigenvalue weighted by molar-refractivity contribution is 6.26. The van der Waals surface area contributed by atoms with Crippen molar-refractivity contribution < 1.29 is 19.2 Å². The van der Waals surface area contributed by atoms with Crippen molar-refractivity contribution in [3.8, 4) is 5.75 Å². The first-order valence-corrected chi connectivity index (χ1v) is 11.2. The number of hydroxylamine groups is 1. The molecule has 2 heterocycles. The maximum atomic E-state index is 13.9. The summed E-state index contributed by atoms with van der Waals surface area (Å²) in [6.45, 7) is 0. The molecule has 0 N–H and O–H groups in total. The third-order valence-electron chi connectivity index (χ3n) is 6.59. The number of nitrogens with zero attached hydrogens (tertiary/aromatic N) is 2. The molecule has 0 saturated carbocycles. The molecule has 0 unspecified atom stereocenters. The Hall–Kier alpha value is -4.16. The lowest BCUT2D eigenvalue weighted by atomic mass is 9.90. The topological polar surface area (TPSA) is 59.1 Å². The number of amides is 2. The molecule has 2 fully saturated rings. The van der Waals surface area contributed by atoms with E-state index in [1.807, 2.05) is 97.1 Å². The van der Waals surface area contributed by atoms with Gasteiger partial charge < -0.3 is 4.74 Å². The van der Waals surface area contributed by atoms with Crippen LogP contribution in [0.2, 0.25) is 0 Å². The van der Waals surface area contributed by atoms with Gasteiger partial charge in [0.15, 0.2) is 6.10 Å². The number of imide groups is 1. The van der Waals surface area contributed by atoms with Crippen molar-refractivity contribution in [2.45, 2.75) is 12.1 Å². The van der Waals surface area contributed by atoms with Gasteiger partial charge >= 0.3 is 0 Å².